The smallest absolute Gasteiger partial charge is 0.417 e. The third kappa shape index (κ3) is 6.86. The summed E-state index contributed by atoms with van der Waals surface area (Å²) in [6.45, 7) is 3.65. The topological polar surface area (TPSA) is 102 Å². The van der Waals surface area contributed by atoms with E-state index < -0.39 is 13.6 Å². The van der Waals surface area contributed by atoms with Crippen molar-refractivity contribution in [1.82, 2.24) is 20.0 Å². The maximum absolute atomic E-state index is 14.1. The van der Waals surface area contributed by atoms with Gasteiger partial charge < -0.3 is 9.84 Å². The number of para-hydroxylation sites is 1. The monoisotopic (exact) mass is 576 g/mol. The third-order valence-electron chi connectivity index (χ3n) is 6.19. The van der Waals surface area contributed by atoms with Crippen LogP contribution >= 0.6 is 30.9 Å². The molecule has 1 aromatic heterocycles. The minimum atomic E-state index is -3.86. The summed E-state index contributed by atoms with van der Waals surface area (Å²) < 4.78 is 21.2. The van der Waals surface area contributed by atoms with E-state index in [1.165, 1.54) is 6.20 Å². The van der Waals surface area contributed by atoms with Gasteiger partial charge in [0.2, 0.25) is 0 Å². The van der Waals surface area contributed by atoms with Crippen LogP contribution in [-0.4, -0.2) is 33.3 Å². The number of hydrogen-bond acceptors (Lipinski definition) is 5. The van der Waals surface area contributed by atoms with Crippen molar-refractivity contribution in [3.05, 3.63) is 81.6 Å². The predicted octanol–water partition coefficient (Wildman–Crippen LogP) is 6.71. The minimum absolute atomic E-state index is 0.00884. The van der Waals surface area contributed by atoms with E-state index >= 15 is 0 Å². The van der Waals surface area contributed by atoms with Gasteiger partial charge in [-0.15, -0.1) is 0 Å². The van der Waals surface area contributed by atoms with Gasteiger partial charge >= 0.3 is 7.67 Å². The number of halogens is 2. The highest BCUT2D eigenvalue weighted by Gasteiger charge is 2.33. The van der Waals surface area contributed by atoms with Crippen molar-refractivity contribution < 1.29 is 18.7 Å². The molecule has 202 valence electrons. The zero-order valence-corrected chi connectivity index (χ0v) is 23.7. The Labute approximate surface area is 232 Å². The van der Waals surface area contributed by atoms with Crippen molar-refractivity contribution >= 4 is 42.6 Å². The molecule has 11 heteroatoms. The Balaban J connectivity index is 1.73. The molecule has 1 aliphatic carbocycles. The molecule has 1 atom stereocenters. The molecule has 0 saturated heterocycles. The van der Waals surface area contributed by atoms with Gasteiger partial charge in [-0.2, -0.15) is 9.55 Å². The molecule has 2 aromatic carbocycles. The molecule has 1 aliphatic rings. The van der Waals surface area contributed by atoms with E-state index in [9.17, 15) is 14.2 Å². The van der Waals surface area contributed by atoms with Gasteiger partial charge in [0, 0.05) is 30.3 Å². The maximum atomic E-state index is 14.1. The van der Waals surface area contributed by atoms with Gasteiger partial charge in [-0.25, -0.2) is 9.65 Å². The Kier molecular flexibility index (Phi) is 9.32. The van der Waals surface area contributed by atoms with Crippen molar-refractivity contribution in [1.29, 1.82) is 0 Å². The number of nitrogens with zero attached hydrogens (tertiary/aromatic N) is 2. The molecule has 1 amide bonds. The fourth-order valence-electron chi connectivity index (χ4n) is 4.46. The first kappa shape index (κ1) is 28.4. The zero-order chi connectivity index (χ0) is 27.3. The Morgan fingerprint density at radius 2 is 1.71 bits per heavy atom. The van der Waals surface area contributed by atoms with Crippen molar-refractivity contribution in [3.8, 4) is 5.75 Å². The van der Waals surface area contributed by atoms with Crippen molar-refractivity contribution in [2.24, 2.45) is 0 Å². The second-order valence-corrected chi connectivity index (χ2v) is 12.3. The lowest BCUT2D eigenvalue weighted by molar-refractivity contribution is 0.0921. The van der Waals surface area contributed by atoms with Gasteiger partial charge in [0.1, 0.15) is 5.75 Å². The van der Waals surface area contributed by atoms with Crippen LogP contribution in [0.15, 0.2) is 54.7 Å². The van der Waals surface area contributed by atoms with E-state index in [2.05, 4.69) is 15.5 Å². The number of nitrogens with one attached hydrogen (secondary N) is 2. The molecular formula is C27H31Cl2N4O4P. The number of ketones is 1. The minimum Gasteiger partial charge on any atom is -0.417 e. The molecule has 1 saturated carbocycles. The van der Waals surface area contributed by atoms with E-state index in [1.807, 2.05) is 19.9 Å². The van der Waals surface area contributed by atoms with E-state index in [0.717, 1.165) is 36.6 Å². The van der Waals surface area contributed by atoms with Gasteiger partial charge in [0.15, 0.2) is 11.5 Å². The second kappa shape index (κ2) is 12.5. The van der Waals surface area contributed by atoms with Crippen LogP contribution in [0.5, 0.6) is 5.75 Å². The molecule has 38 heavy (non-hydrogen) atoms. The SMILES string of the molecule is CC(C)NP(=O)(Oc1ccccc1)n1cc(CC(=O)c2c(Cl)cccc2Cl)c(C(=O)NC2CCCCC2)n1. The van der Waals surface area contributed by atoms with Crippen molar-refractivity contribution in [3.63, 3.8) is 0 Å². The van der Waals surface area contributed by atoms with Gasteiger partial charge in [-0.1, -0.05) is 66.7 Å². The molecule has 1 fully saturated rings. The second-order valence-electron chi connectivity index (χ2n) is 9.64. The number of carbonyl (C=O) groups excluding carboxylic acids is 2. The van der Waals surface area contributed by atoms with Gasteiger partial charge in [0.05, 0.1) is 15.6 Å². The number of hydrogen-bond donors (Lipinski definition) is 2. The lowest BCUT2D eigenvalue weighted by atomic mass is 9.95. The summed E-state index contributed by atoms with van der Waals surface area (Å²) in [4.78, 5) is 26.7. The fourth-order valence-corrected chi connectivity index (χ4v) is 6.88. The van der Waals surface area contributed by atoms with Crippen molar-refractivity contribution in [2.75, 3.05) is 0 Å². The Morgan fingerprint density at radius 1 is 1.05 bits per heavy atom. The average molecular weight is 577 g/mol. The van der Waals surface area contributed by atoms with E-state index in [0.29, 0.717) is 11.3 Å². The molecule has 0 spiro atoms. The summed E-state index contributed by atoms with van der Waals surface area (Å²) in [5.74, 6) is -0.449. The Bertz CT molecular complexity index is 1320. The van der Waals surface area contributed by atoms with Crippen LogP contribution in [-0.2, 0) is 11.0 Å². The summed E-state index contributed by atoms with van der Waals surface area (Å²) in [6.07, 6.45) is 6.17. The Hall–Kier alpha value is -2.64. The highest BCUT2D eigenvalue weighted by Crippen LogP contribution is 2.45. The van der Waals surface area contributed by atoms with Crippen molar-refractivity contribution in [2.45, 2.75) is 64.5 Å². The first-order valence-electron chi connectivity index (χ1n) is 12.7. The number of amides is 1. The van der Waals surface area contributed by atoms with Crippen LogP contribution in [0.4, 0.5) is 0 Å². The van der Waals surface area contributed by atoms with Crippen LogP contribution in [0, 0.1) is 0 Å². The molecule has 2 N–H and O–H groups in total. The third-order valence-corrected chi connectivity index (χ3v) is 8.86. The molecule has 1 heterocycles. The average Bonchev–Trinajstić information content (AvgIpc) is 3.29. The van der Waals surface area contributed by atoms with E-state index in [1.54, 1.807) is 42.5 Å². The van der Waals surface area contributed by atoms with Gasteiger partial charge in [-0.05, 0) is 51.0 Å². The number of rotatable bonds is 10. The van der Waals surface area contributed by atoms with E-state index in [4.69, 9.17) is 27.7 Å². The van der Waals surface area contributed by atoms with Gasteiger partial charge in [-0.3, -0.25) is 9.59 Å². The summed E-state index contributed by atoms with van der Waals surface area (Å²) in [7, 11) is -3.86. The highest BCUT2D eigenvalue weighted by atomic mass is 35.5. The molecule has 8 nitrogen and oxygen atoms in total. The summed E-state index contributed by atoms with van der Waals surface area (Å²) in [5.41, 5.74) is 0.461. The van der Waals surface area contributed by atoms with Gasteiger partial charge in [0.25, 0.3) is 5.91 Å². The summed E-state index contributed by atoms with van der Waals surface area (Å²) in [5, 5.41) is 10.8. The number of carbonyl (C=O) groups is 2. The standard InChI is InChI=1S/C27H31Cl2N4O4P/c1-18(2)32-38(36,37-21-12-7-4-8-13-21)33-17-19(16-24(34)25-22(28)14-9-15-23(25)29)26(31-33)27(35)30-20-10-5-3-6-11-20/h4,7-9,12-15,17-18,20H,3,5-6,10-11,16H2,1-2H3,(H,30,35)(H,32,36). The first-order chi connectivity index (χ1) is 18.2. The molecule has 1 unspecified atom stereocenters. The van der Waals surface area contributed by atoms with Crippen LogP contribution in [0.2, 0.25) is 10.0 Å². The highest BCUT2D eigenvalue weighted by molar-refractivity contribution is 7.55. The zero-order valence-electron chi connectivity index (χ0n) is 21.3. The lowest BCUT2D eigenvalue weighted by Crippen LogP contribution is -2.37. The fraction of sp³-hybridized carbons (Fsp3) is 0.370. The molecule has 0 aliphatic heterocycles. The summed E-state index contributed by atoms with van der Waals surface area (Å²) in [6, 6.07) is 13.3. The molecule has 3 aromatic rings. The van der Waals surface area contributed by atoms with Crippen LogP contribution < -0.4 is 14.9 Å². The first-order valence-corrected chi connectivity index (χ1v) is 15.0. The summed E-state index contributed by atoms with van der Waals surface area (Å²) >= 11 is 12.5. The Morgan fingerprint density at radius 3 is 2.34 bits per heavy atom. The van der Waals surface area contributed by atoms with E-state index in [-0.39, 0.29) is 45.6 Å². The van der Waals surface area contributed by atoms with Crippen LogP contribution in [0.3, 0.4) is 0 Å². The maximum Gasteiger partial charge on any atom is 0.439 e. The quantitative estimate of drug-likeness (QED) is 0.205. The number of aromatic nitrogens is 2. The molecule has 0 bridgehead atoms. The van der Waals surface area contributed by atoms with Crippen LogP contribution in [0.25, 0.3) is 0 Å². The molecule has 0 radical (unpaired) electrons. The molecular weight excluding hydrogens is 546 g/mol. The largest absolute Gasteiger partial charge is 0.439 e. The normalized spacial score (nSPS) is 15.7. The number of benzene rings is 2. The molecule has 4 rings (SSSR count). The van der Waals surface area contributed by atoms with Crippen LogP contribution in [0.1, 0.15) is 72.4 Å². The predicted molar refractivity (Wildman–Crippen MR) is 149 cm³/mol. The number of Topliss-reactive ketones (excluding diaryl/α,β-unsaturated/α-hetero) is 1. The lowest BCUT2D eigenvalue weighted by Gasteiger charge is -2.23.